The summed E-state index contributed by atoms with van der Waals surface area (Å²) in [6, 6.07) is 11.4. The first-order valence-electron chi connectivity index (χ1n) is 6.44. The lowest BCUT2D eigenvalue weighted by Gasteiger charge is -2.17. The van der Waals surface area contributed by atoms with Gasteiger partial charge >= 0.3 is 0 Å². The topological polar surface area (TPSA) is 17.1 Å². The Morgan fingerprint density at radius 2 is 1.75 bits per heavy atom. The molecule has 0 aromatic heterocycles. The maximum Gasteiger partial charge on any atom is 0.189 e. The smallest absolute Gasteiger partial charge is 0.189 e. The minimum atomic E-state index is -0.911. The van der Waals surface area contributed by atoms with Crippen molar-refractivity contribution >= 4 is 11.9 Å². The minimum Gasteiger partial charge on any atom is -0.289 e. The van der Waals surface area contributed by atoms with Gasteiger partial charge in [-0.15, -0.1) is 0 Å². The Kier molecular flexibility index (Phi) is 3.18. The maximum atomic E-state index is 13.6. The zero-order chi connectivity index (χ0) is 14.1. The van der Waals surface area contributed by atoms with Gasteiger partial charge in [0, 0.05) is 16.7 Å². The lowest BCUT2D eigenvalue weighted by Crippen LogP contribution is -2.13. The Bertz CT molecular complexity index is 717. The highest BCUT2D eigenvalue weighted by molar-refractivity contribution is 6.13. The molecule has 1 aliphatic carbocycles. The van der Waals surface area contributed by atoms with Gasteiger partial charge in [-0.25, -0.2) is 8.78 Å². The predicted octanol–water partition coefficient (Wildman–Crippen LogP) is 4.18. The van der Waals surface area contributed by atoms with Gasteiger partial charge in [0.25, 0.3) is 0 Å². The molecule has 2 aromatic carbocycles. The first kappa shape index (κ1) is 12.7. The summed E-state index contributed by atoms with van der Waals surface area (Å²) in [5.74, 6) is -1.91. The van der Waals surface area contributed by atoms with Crippen molar-refractivity contribution in [1.82, 2.24) is 0 Å². The van der Waals surface area contributed by atoms with Gasteiger partial charge in [0.15, 0.2) is 17.4 Å². The van der Waals surface area contributed by atoms with Gasteiger partial charge in [0.05, 0.1) is 0 Å². The number of benzene rings is 2. The zero-order valence-corrected chi connectivity index (χ0v) is 10.7. The standard InChI is InChI=1S/C17H12F2O/c18-15-7-3-5-12(16(15)19)10-13-9-8-11-4-1-2-6-14(11)17(13)20/h1-7,10H,8-9H2/b13-10+. The number of hydrogen-bond donors (Lipinski definition) is 0. The van der Waals surface area contributed by atoms with Crippen LogP contribution in [0.25, 0.3) is 6.08 Å². The Morgan fingerprint density at radius 1 is 0.950 bits per heavy atom. The SMILES string of the molecule is O=C1/C(=C/c2cccc(F)c2F)CCc2ccccc21. The second-order valence-electron chi connectivity index (χ2n) is 4.80. The van der Waals surface area contributed by atoms with Gasteiger partial charge in [-0.3, -0.25) is 4.79 Å². The van der Waals surface area contributed by atoms with Crippen LogP contribution in [-0.4, -0.2) is 5.78 Å². The summed E-state index contributed by atoms with van der Waals surface area (Å²) < 4.78 is 26.8. The second-order valence-corrected chi connectivity index (χ2v) is 4.80. The molecule has 100 valence electrons. The molecule has 0 saturated heterocycles. The molecule has 0 bridgehead atoms. The first-order valence-corrected chi connectivity index (χ1v) is 6.44. The van der Waals surface area contributed by atoms with Gasteiger partial charge in [-0.1, -0.05) is 36.4 Å². The van der Waals surface area contributed by atoms with E-state index >= 15 is 0 Å². The van der Waals surface area contributed by atoms with Crippen molar-refractivity contribution < 1.29 is 13.6 Å². The van der Waals surface area contributed by atoms with Gasteiger partial charge in [0.1, 0.15) is 0 Å². The van der Waals surface area contributed by atoms with Crippen LogP contribution in [0.5, 0.6) is 0 Å². The molecule has 0 heterocycles. The summed E-state index contributed by atoms with van der Waals surface area (Å²) >= 11 is 0. The highest BCUT2D eigenvalue weighted by atomic mass is 19.2. The van der Waals surface area contributed by atoms with Gasteiger partial charge < -0.3 is 0 Å². The third kappa shape index (κ3) is 2.16. The van der Waals surface area contributed by atoms with Crippen LogP contribution in [0.3, 0.4) is 0 Å². The number of aryl methyl sites for hydroxylation is 1. The average molecular weight is 270 g/mol. The van der Waals surface area contributed by atoms with E-state index in [1.807, 2.05) is 18.2 Å². The van der Waals surface area contributed by atoms with E-state index in [2.05, 4.69) is 0 Å². The minimum absolute atomic E-state index is 0.101. The van der Waals surface area contributed by atoms with Crippen LogP contribution >= 0.6 is 0 Å². The Hall–Kier alpha value is -2.29. The largest absolute Gasteiger partial charge is 0.289 e. The Labute approximate surface area is 115 Å². The quantitative estimate of drug-likeness (QED) is 0.710. The summed E-state index contributed by atoms with van der Waals surface area (Å²) in [6.07, 6.45) is 2.74. The molecule has 0 unspecified atom stereocenters. The number of carbonyl (C=O) groups excluding carboxylic acids is 1. The molecule has 0 amide bonds. The molecular formula is C17H12F2O. The fourth-order valence-electron chi connectivity index (χ4n) is 2.47. The number of ketones is 1. The molecule has 0 N–H and O–H groups in total. The summed E-state index contributed by atoms with van der Waals surface area (Å²) in [7, 11) is 0. The van der Waals surface area contributed by atoms with E-state index in [1.165, 1.54) is 18.2 Å². The highest BCUT2D eigenvalue weighted by Crippen LogP contribution is 2.27. The molecule has 1 nitrogen and oxygen atoms in total. The molecule has 3 heteroatoms. The number of halogens is 2. The molecule has 0 spiro atoms. The van der Waals surface area contributed by atoms with E-state index in [4.69, 9.17) is 0 Å². The third-order valence-corrected chi connectivity index (χ3v) is 3.53. The van der Waals surface area contributed by atoms with Crippen molar-refractivity contribution in [3.05, 3.63) is 76.4 Å². The highest BCUT2D eigenvalue weighted by Gasteiger charge is 2.21. The van der Waals surface area contributed by atoms with Crippen molar-refractivity contribution in [2.24, 2.45) is 0 Å². The van der Waals surface area contributed by atoms with E-state index in [0.29, 0.717) is 17.6 Å². The molecule has 0 fully saturated rings. The van der Waals surface area contributed by atoms with Crippen molar-refractivity contribution in [1.29, 1.82) is 0 Å². The van der Waals surface area contributed by atoms with E-state index in [1.54, 1.807) is 6.07 Å². The molecule has 0 radical (unpaired) electrons. The molecule has 20 heavy (non-hydrogen) atoms. The number of Topliss-reactive ketones (excluding diaryl/α,β-unsaturated/α-hetero) is 1. The molecule has 0 saturated carbocycles. The molecule has 1 aliphatic rings. The van der Waals surface area contributed by atoms with Gasteiger partial charge in [0.2, 0.25) is 0 Å². The number of allylic oxidation sites excluding steroid dienone is 1. The third-order valence-electron chi connectivity index (χ3n) is 3.53. The van der Waals surface area contributed by atoms with E-state index < -0.39 is 11.6 Å². The van der Waals surface area contributed by atoms with Crippen molar-refractivity contribution in [2.75, 3.05) is 0 Å². The number of hydrogen-bond acceptors (Lipinski definition) is 1. The summed E-state index contributed by atoms with van der Waals surface area (Å²) in [5, 5.41) is 0. The van der Waals surface area contributed by atoms with E-state index in [-0.39, 0.29) is 11.3 Å². The predicted molar refractivity (Wildman–Crippen MR) is 73.4 cm³/mol. The van der Waals surface area contributed by atoms with Crippen LogP contribution in [0.1, 0.15) is 27.9 Å². The van der Waals surface area contributed by atoms with Gasteiger partial charge in [-0.2, -0.15) is 0 Å². The number of fused-ring (bicyclic) bond motifs is 1. The number of rotatable bonds is 1. The lowest BCUT2D eigenvalue weighted by molar-refractivity contribution is 0.102. The fourth-order valence-corrected chi connectivity index (χ4v) is 2.47. The first-order chi connectivity index (χ1) is 9.66. The molecule has 0 atom stereocenters. The monoisotopic (exact) mass is 270 g/mol. The normalized spacial score (nSPS) is 16.3. The van der Waals surface area contributed by atoms with Crippen LogP contribution in [0.4, 0.5) is 8.78 Å². The van der Waals surface area contributed by atoms with Crippen molar-refractivity contribution in [3.63, 3.8) is 0 Å². The Balaban J connectivity index is 2.02. The molecule has 2 aromatic rings. The van der Waals surface area contributed by atoms with Crippen molar-refractivity contribution in [2.45, 2.75) is 12.8 Å². The number of carbonyl (C=O) groups is 1. The van der Waals surface area contributed by atoms with Crippen LogP contribution in [0, 0.1) is 11.6 Å². The lowest BCUT2D eigenvalue weighted by atomic mass is 9.86. The van der Waals surface area contributed by atoms with E-state index in [9.17, 15) is 13.6 Å². The Morgan fingerprint density at radius 3 is 2.60 bits per heavy atom. The summed E-state index contributed by atoms with van der Waals surface area (Å²) in [4.78, 5) is 12.3. The van der Waals surface area contributed by atoms with Crippen molar-refractivity contribution in [3.8, 4) is 0 Å². The zero-order valence-electron chi connectivity index (χ0n) is 10.7. The van der Waals surface area contributed by atoms with E-state index in [0.717, 1.165) is 18.1 Å². The maximum absolute atomic E-state index is 13.6. The average Bonchev–Trinajstić information content (AvgIpc) is 2.47. The van der Waals surface area contributed by atoms with Gasteiger partial charge in [-0.05, 0) is 30.5 Å². The van der Waals surface area contributed by atoms with Crippen LogP contribution in [-0.2, 0) is 6.42 Å². The molecule has 0 aliphatic heterocycles. The van der Waals surface area contributed by atoms with Crippen LogP contribution in [0.2, 0.25) is 0 Å². The second kappa shape index (κ2) is 5.00. The molecular weight excluding hydrogens is 258 g/mol. The van der Waals surface area contributed by atoms with Crippen LogP contribution < -0.4 is 0 Å². The van der Waals surface area contributed by atoms with Crippen LogP contribution in [0.15, 0.2) is 48.0 Å². The summed E-state index contributed by atoms with van der Waals surface area (Å²) in [6.45, 7) is 0. The summed E-state index contributed by atoms with van der Waals surface area (Å²) in [5.41, 5.74) is 2.30. The molecule has 3 rings (SSSR count). The fraction of sp³-hybridized carbons (Fsp3) is 0.118.